The van der Waals surface area contributed by atoms with Crippen molar-refractivity contribution in [2.75, 3.05) is 13.2 Å². The number of aromatic nitrogens is 2. The van der Waals surface area contributed by atoms with Gasteiger partial charge in [0.2, 0.25) is 0 Å². The lowest BCUT2D eigenvalue weighted by Crippen LogP contribution is -2.30. The van der Waals surface area contributed by atoms with Gasteiger partial charge in [-0.25, -0.2) is 0 Å². The van der Waals surface area contributed by atoms with Gasteiger partial charge in [-0.2, -0.15) is 5.10 Å². The van der Waals surface area contributed by atoms with E-state index in [4.69, 9.17) is 16.3 Å². The Labute approximate surface area is 205 Å². The third kappa shape index (κ3) is 4.64. The number of hydrogen-bond acceptors (Lipinski definition) is 4. The van der Waals surface area contributed by atoms with Gasteiger partial charge in [-0.15, -0.1) is 0 Å². The van der Waals surface area contributed by atoms with Crippen LogP contribution < -0.4 is 4.74 Å². The number of hydrogen-bond donors (Lipinski definition) is 2. The first kappa shape index (κ1) is 24.1. The number of unbranched alkanes of at least 4 members (excludes halogenated alkanes) is 3. The molecule has 34 heavy (non-hydrogen) atoms. The maximum Gasteiger partial charge on any atom is 0.273 e. The van der Waals surface area contributed by atoms with Crippen molar-refractivity contribution in [3.8, 4) is 22.8 Å². The maximum atomic E-state index is 13.5. The van der Waals surface area contributed by atoms with Crippen LogP contribution in [-0.4, -0.2) is 39.3 Å². The minimum Gasteiger partial charge on any atom is -0.507 e. The van der Waals surface area contributed by atoms with Crippen LogP contribution in [0, 0.1) is 6.92 Å². The van der Waals surface area contributed by atoms with E-state index in [2.05, 4.69) is 24.0 Å². The molecule has 0 aliphatic carbocycles. The maximum absolute atomic E-state index is 13.5. The number of rotatable bonds is 10. The molecule has 0 radical (unpaired) electrons. The number of ether oxygens (including phenoxy) is 1. The number of nitrogens with one attached hydrogen (secondary N) is 1. The Kier molecular flexibility index (Phi) is 7.47. The van der Waals surface area contributed by atoms with Crippen LogP contribution >= 0.6 is 11.6 Å². The zero-order chi connectivity index (χ0) is 24.2. The zero-order valence-corrected chi connectivity index (χ0v) is 20.8. The van der Waals surface area contributed by atoms with E-state index in [-0.39, 0.29) is 17.7 Å². The normalized spacial score (nSPS) is 15.1. The summed E-state index contributed by atoms with van der Waals surface area (Å²) in [7, 11) is 0. The van der Waals surface area contributed by atoms with Crippen molar-refractivity contribution in [1.29, 1.82) is 0 Å². The molecule has 2 aromatic carbocycles. The molecule has 1 aliphatic heterocycles. The van der Waals surface area contributed by atoms with Gasteiger partial charge in [-0.3, -0.25) is 9.89 Å². The molecule has 1 aliphatic rings. The minimum atomic E-state index is -0.331. The van der Waals surface area contributed by atoms with Crippen molar-refractivity contribution in [2.45, 2.75) is 58.9 Å². The molecule has 0 saturated carbocycles. The first-order valence-corrected chi connectivity index (χ1v) is 12.5. The molecule has 1 aromatic heterocycles. The fraction of sp³-hybridized carbons (Fsp3) is 0.407. The largest absolute Gasteiger partial charge is 0.507 e. The Morgan fingerprint density at radius 2 is 1.94 bits per heavy atom. The summed E-state index contributed by atoms with van der Waals surface area (Å²) in [5.41, 5.74) is 4.02. The molecule has 180 valence electrons. The molecule has 2 N–H and O–H groups in total. The molecule has 7 heteroatoms. The van der Waals surface area contributed by atoms with Gasteiger partial charge in [-0.05, 0) is 55.2 Å². The van der Waals surface area contributed by atoms with Crippen molar-refractivity contribution >= 4 is 17.5 Å². The molecular weight excluding hydrogens is 450 g/mol. The molecule has 1 amide bonds. The zero-order valence-electron chi connectivity index (χ0n) is 20.0. The molecule has 2 heterocycles. The topological polar surface area (TPSA) is 78.5 Å². The number of halogens is 1. The second-order valence-electron chi connectivity index (χ2n) is 8.86. The Morgan fingerprint density at radius 1 is 1.15 bits per heavy atom. The van der Waals surface area contributed by atoms with Gasteiger partial charge in [0.1, 0.15) is 22.9 Å². The van der Waals surface area contributed by atoms with Crippen molar-refractivity contribution in [3.05, 3.63) is 63.8 Å². The monoisotopic (exact) mass is 481 g/mol. The molecule has 0 spiro atoms. The smallest absolute Gasteiger partial charge is 0.273 e. The van der Waals surface area contributed by atoms with Gasteiger partial charge in [0.15, 0.2) is 0 Å². The van der Waals surface area contributed by atoms with Crippen LogP contribution in [0.5, 0.6) is 11.5 Å². The molecule has 0 fully saturated rings. The van der Waals surface area contributed by atoms with E-state index in [0.29, 0.717) is 35.1 Å². The minimum absolute atomic E-state index is 0.0788. The van der Waals surface area contributed by atoms with Gasteiger partial charge in [0.05, 0.1) is 12.6 Å². The fourth-order valence-electron chi connectivity index (χ4n) is 4.48. The third-order valence-electron chi connectivity index (χ3n) is 6.34. The SMILES string of the molecule is CCCCCN1C(=O)c2[nH]nc(-c3cc(Cl)c(C)cc3O)c2C1c1cccc(OCCCC)c1. The van der Waals surface area contributed by atoms with E-state index >= 15 is 0 Å². The number of amides is 1. The van der Waals surface area contributed by atoms with Gasteiger partial charge in [0, 0.05) is 22.7 Å². The van der Waals surface area contributed by atoms with Crippen LogP contribution in [0.15, 0.2) is 36.4 Å². The summed E-state index contributed by atoms with van der Waals surface area (Å²) >= 11 is 6.39. The van der Waals surface area contributed by atoms with Crippen LogP contribution in [0.4, 0.5) is 0 Å². The number of aryl methyl sites for hydroxylation is 1. The Morgan fingerprint density at radius 3 is 2.71 bits per heavy atom. The Bertz CT molecular complexity index is 1170. The highest BCUT2D eigenvalue weighted by Gasteiger charge is 2.42. The second kappa shape index (κ2) is 10.5. The van der Waals surface area contributed by atoms with Gasteiger partial charge < -0.3 is 14.7 Å². The van der Waals surface area contributed by atoms with E-state index in [0.717, 1.165) is 54.5 Å². The highest BCUT2D eigenvalue weighted by Crippen LogP contribution is 2.45. The lowest BCUT2D eigenvalue weighted by atomic mass is 9.95. The highest BCUT2D eigenvalue weighted by molar-refractivity contribution is 6.31. The predicted molar refractivity (Wildman–Crippen MR) is 135 cm³/mol. The van der Waals surface area contributed by atoms with E-state index in [1.54, 1.807) is 12.1 Å². The van der Waals surface area contributed by atoms with Crippen molar-refractivity contribution in [2.24, 2.45) is 0 Å². The number of nitrogens with zero attached hydrogens (tertiary/aromatic N) is 2. The second-order valence-corrected chi connectivity index (χ2v) is 9.27. The highest BCUT2D eigenvalue weighted by atomic mass is 35.5. The van der Waals surface area contributed by atoms with E-state index < -0.39 is 0 Å². The van der Waals surface area contributed by atoms with Crippen LogP contribution in [-0.2, 0) is 0 Å². The van der Waals surface area contributed by atoms with Crippen LogP contribution in [0.3, 0.4) is 0 Å². The quantitative estimate of drug-likeness (QED) is 0.317. The fourth-order valence-corrected chi connectivity index (χ4v) is 4.64. The molecule has 3 aromatic rings. The average molecular weight is 482 g/mol. The summed E-state index contributed by atoms with van der Waals surface area (Å²) in [5.74, 6) is 0.792. The average Bonchev–Trinajstić information content (AvgIpc) is 3.36. The van der Waals surface area contributed by atoms with E-state index in [1.807, 2.05) is 36.1 Å². The Hall–Kier alpha value is -2.99. The molecular formula is C27H32ClN3O3. The molecule has 6 nitrogen and oxygen atoms in total. The lowest BCUT2D eigenvalue weighted by Gasteiger charge is -2.27. The van der Waals surface area contributed by atoms with Gasteiger partial charge >= 0.3 is 0 Å². The first-order chi connectivity index (χ1) is 16.5. The van der Waals surface area contributed by atoms with E-state index in [9.17, 15) is 9.90 Å². The summed E-state index contributed by atoms with van der Waals surface area (Å²) in [5, 5.41) is 18.7. The summed E-state index contributed by atoms with van der Waals surface area (Å²) in [4.78, 5) is 15.4. The van der Waals surface area contributed by atoms with Gasteiger partial charge in [-0.1, -0.05) is 56.8 Å². The number of fused-ring (bicyclic) bond motifs is 1. The van der Waals surface area contributed by atoms with Crippen LogP contribution in [0.25, 0.3) is 11.3 Å². The van der Waals surface area contributed by atoms with Gasteiger partial charge in [0.25, 0.3) is 5.91 Å². The first-order valence-electron chi connectivity index (χ1n) is 12.1. The number of carbonyl (C=O) groups excluding carboxylic acids is 1. The molecule has 0 saturated heterocycles. The number of aromatic hydroxyl groups is 1. The number of H-pyrrole nitrogens is 1. The molecule has 4 rings (SSSR count). The lowest BCUT2D eigenvalue weighted by molar-refractivity contribution is 0.0740. The summed E-state index contributed by atoms with van der Waals surface area (Å²) in [6.07, 6.45) is 5.08. The van der Waals surface area contributed by atoms with Crippen LogP contribution in [0.1, 0.15) is 79.2 Å². The molecule has 1 unspecified atom stereocenters. The van der Waals surface area contributed by atoms with Crippen molar-refractivity contribution in [1.82, 2.24) is 15.1 Å². The number of phenols is 1. The van der Waals surface area contributed by atoms with Crippen molar-refractivity contribution < 1.29 is 14.6 Å². The number of benzene rings is 2. The standard InChI is InChI=1S/C27H32ClN3O3/c1-4-6-8-12-31-26(18-10-9-11-19(15-18)34-13-7-5-2)23-24(29-30-25(23)27(31)33)20-16-21(28)17(3)14-22(20)32/h9-11,14-16,26,32H,4-8,12-13H2,1-3H3,(H,29,30). The molecule has 1 atom stereocenters. The summed E-state index contributed by atoms with van der Waals surface area (Å²) in [6.45, 7) is 7.41. The summed E-state index contributed by atoms with van der Waals surface area (Å²) < 4.78 is 5.96. The Balaban J connectivity index is 1.80. The van der Waals surface area contributed by atoms with E-state index in [1.165, 1.54) is 0 Å². The summed E-state index contributed by atoms with van der Waals surface area (Å²) in [6, 6.07) is 10.9. The third-order valence-corrected chi connectivity index (χ3v) is 6.75. The predicted octanol–water partition coefficient (Wildman–Crippen LogP) is 6.66. The number of aromatic amines is 1. The molecule has 0 bridgehead atoms. The number of phenolic OH excluding ortho intramolecular Hbond substituents is 1. The van der Waals surface area contributed by atoms with Crippen molar-refractivity contribution in [3.63, 3.8) is 0 Å². The number of carbonyl (C=O) groups is 1. The van der Waals surface area contributed by atoms with Crippen LogP contribution in [0.2, 0.25) is 5.02 Å².